The first-order valence-electron chi connectivity index (χ1n) is 33.1. The van der Waals surface area contributed by atoms with Crippen molar-refractivity contribution in [1.29, 1.82) is 0 Å². The zero-order valence-electron chi connectivity index (χ0n) is 52.0. The van der Waals surface area contributed by atoms with E-state index in [1.165, 1.54) is 6.42 Å². The third-order valence-corrected chi connectivity index (χ3v) is 19.0. The van der Waals surface area contributed by atoms with E-state index in [1.807, 2.05) is 77.7 Å². The minimum atomic E-state index is -0.810. The molecular weight excluding hydrogens is 1120 g/mol. The molecule has 3 saturated heterocycles. The van der Waals surface area contributed by atoms with Crippen molar-refractivity contribution >= 4 is 78.5 Å². The first-order valence-corrected chi connectivity index (χ1v) is 33.1. The maximum Gasteiger partial charge on any atom is 0.245 e. The van der Waals surface area contributed by atoms with Crippen LogP contribution in [-0.4, -0.2) is 110 Å². The summed E-state index contributed by atoms with van der Waals surface area (Å²) in [6.45, 7) is 6.75. The van der Waals surface area contributed by atoms with Gasteiger partial charge in [-0.25, -0.2) is 0 Å². The number of benzene rings is 8. The molecule has 3 aliphatic heterocycles. The van der Waals surface area contributed by atoms with Crippen molar-refractivity contribution in [1.82, 2.24) is 42.1 Å². The van der Waals surface area contributed by atoms with Crippen LogP contribution in [0.15, 0.2) is 170 Å². The van der Waals surface area contributed by atoms with Gasteiger partial charge in [0.05, 0.1) is 0 Å². The predicted molar refractivity (Wildman–Crippen MR) is 360 cm³/mol. The van der Waals surface area contributed by atoms with Gasteiger partial charge in [0.15, 0.2) is 0 Å². The fourth-order valence-corrected chi connectivity index (χ4v) is 13.5. The molecular formula is C76H88N8O6. The van der Waals surface area contributed by atoms with Gasteiger partial charge in [-0.15, -0.1) is 0 Å². The molecule has 4 fully saturated rings. The molecule has 14 nitrogen and oxygen atoms in total. The number of likely N-dealkylation sites (tertiary alicyclic amines) is 1. The lowest BCUT2D eigenvalue weighted by Gasteiger charge is -2.34. The highest BCUT2D eigenvalue weighted by Crippen LogP contribution is 2.25. The number of piperidine rings is 3. The molecule has 14 heteroatoms. The number of nitrogens with zero attached hydrogens (tertiary/aromatic N) is 1. The molecule has 0 radical (unpaired) electrons. The van der Waals surface area contributed by atoms with E-state index in [0.29, 0.717) is 44.7 Å². The number of hydrogen-bond acceptors (Lipinski definition) is 8. The van der Waals surface area contributed by atoms with E-state index in [9.17, 15) is 28.8 Å². The zero-order valence-corrected chi connectivity index (χ0v) is 52.0. The van der Waals surface area contributed by atoms with Gasteiger partial charge >= 0.3 is 0 Å². The summed E-state index contributed by atoms with van der Waals surface area (Å²) in [6, 6.07) is 54.2. The Morgan fingerprint density at radius 1 is 0.389 bits per heavy atom. The second kappa shape index (κ2) is 30.8. The number of carbonyl (C=O) groups is 6. The van der Waals surface area contributed by atoms with E-state index in [1.54, 1.807) is 0 Å². The van der Waals surface area contributed by atoms with E-state index in [-0.39, 0.29) is 53.3 Å². The fraction of sp³-hybridized carbons (Fsp3) is 0.395. The lowest BCUT2D eigenvalue weighted by atomic mass is 9.94. The van der Waals surface area contributed by atoms with Crippen molar-refractivity contribution in [3.05, 3.63) is 192 Å². The van der Waals surface area contributed by atoms with E-state index >= 15 is 0 Å². The van der Waals surface area contributed by atoms with Crippen molar-refractivity contribution in [3.8, 4) is 0 Å². The first kappa shape index (κ1) is 63.1. The van der Waals surface area contributed by atoms with Gasteiger partial charge in [-0.2, -0.15) is 0 Å². The second-order valence-electron chi connectivity index (χ2n) is 25.7. The average molecular weight is 1210 g/mol. The molecule has 8 aromatic rings. The van der Waals surface area contributed by atoms with Crippen molar-refractivity contribution < 1.29 is 28.8 Å². The second-order valence-corrected chi connectivity index (χ2v) is 25.7. The van der Waals surface area contributed by atoms with E-state index in [4.69, 9.17) is 0 Å². The minimum absolute atomic E-state index is 0.0578. The number of nitrogens with one attached hydrogen (secondary N) is 7. The Morgan fingerprint density at radius 3 is 1.10 bits per heavy atom. The van der Waals surface area contributed by atoms with Gasteiger partial charge in [0.1, 0.15) is 24.2 Å². The van der Waals surface area contributed by atoms with E-state index in [2.05, 4.69) is 141 Å². The number of fused-ring (bicyclic) bond motifs is 4. The molecule has 8 aromatic carbocycles. The Bertz CT molecular complexity index is 3790. The summed E-state index contributed by atoms with van der Waals surface area (Å²) < 4.78 is 0. The number of carbonyl (C=O) groups excluding carboxylic acids is 6. The maximum absolute atomic E-state index is 14.2. The summed E-state index contributed by atoms with van der Waals surface area (Å²) in [5.74, 6) is -0.779. The smallest absolute Gasteiger partial charge is 0.245 e. The molecule has 1 aliphatic carbocycles. The molecule has 4 unspecified atom stereocenters. The molecule has 6 amide bonds. The molecule has 0 bridgehead atoms. The Kier molecular flexibility index (Phi) is 21.6. The van der Waals surface area contributed by atoms with Crippen molar-refractivity contribution in [2.24, 2.45) is 17.8 Å². The van der Waals surface area contributed by atoms with Crippen LogP contribution in [0.2, 0.25) is 0 Å². The molecule has 0 aromatic heterocycles. The quantitative estimate of drug-likeness (QED) is 0.0416. The van der Waals surface area contributed by atoms with Gasteiger partial charge in [-0.3, -0.25) is 28.8 Å². The van der Waals surface area contributed by atoms with Crippen LogP contribution in [0.25, 0.3) is 43.1 Å². The summed E-state index contributed by atoms with van der Waals surface area (Å²) in [6.07, 6.45) is 11.6. The van der Waals surface area contributed by atoms with Crippen molar-refractivity contribution in [3.63, 3.8) is 0 Å². The normalized spacial score (nSPS) is 17.5. The van der Waals surface area contributed by atoms with Crippen LogP contribution in [0.5, 0.6) is 0 Å². The Labute approximate surface area is 529 Å². The van der Waals surface area contributed by atoms with Crippen molar-refractivity contribution in [2.75, 3.05) is 39.3 Å². The topological polar surface area (TPSA) is 190 Å². The number of rotatable bonds is 19. The SMILES string of the molecule is CC1CCN(C(=O)C(Cc2ccc3ccccc3c2)NC(=O)C(Cc2ccc3ccccc3c2)NC(=O)C2CCNCC2)CC1.O=C(NC(Cc1ccc2ccccc2c1)C(=O)NC(Cc1ccc2ccccc2c1)C(=O)NC1CCCCC1)C1CCNCC1. The fourth-order valence-electron chi connectivity index (χ4n) is 13.5. The Hall–Kier alpha value is -8.46. The van der Waals surface area contributed by atoms with Crippen LogP contribution in [0, 0.1) is 17.8 Å². The summed E-state index contributed by atoms with van der Waals surface area (Å²) in [7, 11) is 0. The molecule has 90 heavy (non-hydrogen) atoms. The average Bonchev–Trinajstić information content (AvgIpc) is 3.63. The van der Waals surface area contributed by atoms with Crippen LogP contribution < -0.4 is 37.2 Å². The van der Waals surface area contributed by atoms with Crippen LogP contribution in [0.3, 0.4) is 0 Å². The van der Waals surface area contributed by atoms with Crippen LogP contribution in [-0.2, 0) is 54.5 Å². The Morgan fingerprint density at radius 2 is 0.722 bits per heavy atom. The molecule has 468 valence electrons. The number of hydrogen-bond donors (Lipinski definition) is 7. The summed E-state index contributed by atoms with van der Waals surface area (Å²) in [5.41, 5.74) is 3.88. The van der Waals surface area contributed by atoms with Gasteiger partial charge < -0.3 is 42.1 Å². The van der Waals surface area contributed by atoms with Crippen molar-refractivity contribution in [2.45, 2.75) is 133 Å². The van der Waals surface area contributed by atoms with Crippen LogP contribution in [0.4, 0.5) is 0 Å². The van der Waals surface area contributed by atoms with Gasteiger partial charge in [0.25, 0.3) is 0 Å². The minimum Gasteiger partial charge on any atom is -0.352 e. The maximum atomic E-state index is 14.2. The van der Waals surface area contributed by atoms with Gasteiger partial charge in [0, 0.05) is 56.7 Å². The van der Waals surface area contributed by atoms with E-state index in [0.717, 1.165) is 156 Å². The molecule has 4 aliphatic rings. The molecule has 3 heterocycles. The predicted octanol–water partition coefficient (Wildman–Crippen LogP) is 10.2. The van der Waals surface area contributed by atoms with Gasteiger partial charge in [-0.1, -0.05) is 196 Å². The first-order chi connectivity index (χ1) is 43.9. The van der Waals surface area contributed by atoms with Crippen LogP contribution >= 0.6 is 0 Å². The lowest BCUT2D eigenvalue weighted by Crippen LogP contribution is -2.57. The summed E-state index contributed by atoms with van der Waals surface area (Å²) in [5, 5.41) is 31.1. The third kappa shape index (κ3) is 17.1. The number of amides is 6. The lowest BCUT2D eigenvalue weighted by molar-refractivity contribution is -0.138. The molecule has 4 atom stereocenters. The molecule has 7 N–H and O–H groups in total. The summed E-state index contributed by atoms with van der Waals surface area (Å²) in [4.78, 5) is 84.9. The van der Waals surface area contributed by atoms with Gasteiger partial charge in [-0.05, 0) is 149 Å². The molecule has 0 spiro atoms. The summed E-state index contributed by atoms with van der Waals surface area (Å²) >= 11 is 0. The highest BCUT2D eigenvalue weighted by Gasteiger charge is 2.35. The van der Waals surface area contributed by atoms with Gasteiger partial charge in [0.2, 0.25) is 35.4 Å². The monoisotopic (exact) mass is 1210 g/mol. The molecule has 1 saturated carbocycles. The zero-order chi connectivity index (χ0) is 62.2. The highest BCUT2D eigenvalue weighted by molar-refractivity contribution is 5.95. The van der Waals surface area contributed by atoms with Crippen LogP contribution in [0.1, 0.15) is 99.8 Å². The Balaban J connectivity index is 0.000000185. The highest BCUT2D eigenvalue weighted by atomic mass is 16.2. The van der Waals surface area contributed by atoms with E-state index < -0.39 is 24.2 Å². The third-order valence-electron chi connectivity index (χ3n) is 19.0. The largest absolute Gasteiger partial charge is 0.352 e. The molecule has 12 rings (SSSR count). The standard InChI is InChI=1S/2C38H44N4O3/c1-26-16-20-42(21-17-26)38(45)35(25-28-11-13-30-7-3-5-9-33(30)23-28)41-37(44)34(40-36(43)31-14-18-39-19-15-31)24-27-10-12-29-6-2-4-8-32(29)22-27;43-36(30-18-20-39-21-19-30)41-35(25-27-15-17-29-9-5-7-11-32(29)23-27)38(45)42-34(37(44)40-33-12-2-1-3-13-33)24-26-14-16-28-8-4-6-10-31(28)22-26/h2-13,22-23,26,31,34-35,39H,14-21,24-25H2,1H3,(H,40,43)(H,41,44);4-11,14-17,22-23,30,33-35,39H,1-3,12-13,18-21,24-25H2,(H,40,44)(H,41,43)(H,42,45).